The van der Waals surface area contributed by atoms with Crippen LogP contribution in [0.15, 0.2) is 24.4 Å². The minimum absolute atomic E-state index is 0.0309. The molecule has 1 fully saturated rings. The number of ether oxygens (including phenoxy) is 4. The molecule has 0 aliphatic carbocycles. The molecule has 7 rings (SSSR count). The Morgan fingerprint density at radius 2 is 1.91 bits per heavy atom. The number of nitrogens with one attached hydrogen (secondary N) is 1. The molecular weight excluding hydrogens is 616 g/mol. The topological polar surface area (TPSA) is 143 Å². The molecule has 1 amide bonds. The fourth-order valence-electron chi connectivity index (χ4n) is 7.96. The number of phenols is 1. The predicted octanol–water partition coefficient (Wildman–Crippen LogP) is 3.35. The van der Waals surface area contributed by atoms with Crippen molar-refractivity contribution in [1.82, 2.24) is 20.1 Å². The van der Waals surface area contributed by atoms with Crippen molar-refractivity contribution in [2.24, 2.45) is 0 Å². The number of fused-ring (bicyclic) bond motifs is 9. The molecule has 0 radical (unpaired) electrons. The van der Waals surface area contributed by atoms with Crippen LogP contribution in [-0.2, 0) is 17.6 Å². The molecule has 13 heteroatoms. The van der Waals surface area contributed by atoms with Crippen molar-refractivity contribution < 1.29 is 38.7 Å². The van der Waals surface area contributed by atoms with E-state index in [4.69, 9.17) is 30.5 Å². The van der Waals surface area contributed by atoms with E-state index in [2.05, 4.69) is 15.2 Å². The Kier molecular flexibility index (Phi) is 7.51. The molecule has 1 aromatic heterocycles. The molecule has 0 spiro atoms. The molecule has 12 nitrogen and oxygen atoms in total. The van der Waals surface area contributed by atoms with E-state index >= 15 is 0 Å². The lowest BCUT2D eigenvalue weighted by Crippen LogP contribution is -2.69. The molecule has 2 aromatic carbocycles. The average molecular weight is 651 g/mol. The number of pyridine rings is 1. The number of hydrogen-bond donors (Lipinski definition) is 3. The maximum absolute atomic E-state index is 13.4. The number of aromatic hydroxyl groups is 1. The number of aliphatic hydroxyl groups is 1. The summed E-state index contributed by atoms with van der Waals surface area (Å²) in [6.07, 6.45) is 1.34. The summed E-state index contributed by atoms with van der Waals surface area (Å²) >= 11 is 6.25. The van der Waals surface area contributed by atoms with Crippen molar-refractivity contribution in [2.45, 2.75) is 64.0 Å². The fraction of sp³-hybridized carbons (Fsp3) is 0.424. The summed E-state index contributed by atoms with van der Waals surface area (Å²) in [5.41, 5.74) is 4.67. The Bertz CT molecular complexity index is 1780. The van der Waals surface area contributed by atoms with Crippen molar-refractivity contribution in [1.29, 1.82) is 0 Å². The average Bonchev–Trinajstić information content (AvgIpc) is 3.51. The van der Waals surface area contributed by atoms with Gasteiger partial charge in [0.25, 0.3) is 5.91 Å². The number of nitrogens with zero attached hydrogens (tertiary/aromatic N) is 3. The minimum Gasteiger partial charge on any atom is -0.504 e. The Labute approximate surface area is 270 Å². The van der Waals surface area contributed by atoms with Crippen molar-refractivity contribution in [3.05, 3.63) is 68.5 Å². The second kappa shape index (κ2) is 11.3. The molecular formula is C33H35ClN4O8. The molecule has 1 unspecified atom stereocenters. The smallest absolute Gasteiger partial charge is 0.308 e. The van der Waals surface area contributed by atoms with Crippen LogP contribution in [0, 0.1) is 13.8 Å². The lowest BCUT2D eigenvalue weighted by Gasteiger charge is -2.60. The Morgan fingerprint density at radius 1 is 1.15 bits per heavy atom. The molecule has 5 atom stereocenters. The van der Waals surface area contributed by atoms with Crippen LogP contribution in [-0.4, -0.2) is 82.7 Å². The first-order valence-corrected chi connectivity index (χ1v) is 15.5. The van der Waals surface area contributed by atoms with E-state index < -0.39 is 30.2 Å². The zero-order valence-electron chi connectivity index (χ0n) is 26.1. The zero-order valence-corrected chi connectivity index (χ0v) is 26.8. The van der Waals surface area contributed by atoms with Crippen LogP contribution in [0.1, 0.15) is 62.7 Å². The number of methoxy groups -OCH3 is 1. The van der Waals surface area contributed by atoms with Gasteiger partial charge in [0.15, 0.2) is 23.0 Å². The molecule has 3 N–H and O–H groups in total. The second-order valence-electron chi connectivity index (χ2n) is 12.2. The Morgan fingerprint density at radius 3 is 2.63 bits per heavy atom. The summed E-state index contributed by atoms with van der Waals surface area (Å²) in [4.78, 5) is 34.0. The first kappa shape index (κ1) is 30.5. The normalized spacial score (nSPS) is 24.5. The first-order chi connectivity index (χ1) is 22.0. The van der Waals surface area contributed by atoms with Gasteiger partial charge in [-0.2, -0.15) is 0 Å². The van der Waals surface area contributed by atoms with Gasteiger partial charge < -0.3 is 34.5 Å². The number of carbonyl (C=O) groups is 2. The van der Waals surface area contributed by atoms with E-state index in [9.17, 15) is 19.8 Å². The molecule has 1 saturated heterocycles. The maximum Gasteiger partial charge on any atom is 0.308 e. The highest BCUT2D eigenvalue weighted by atomic mass is 35.5. The van der Waals surface area contributed by atoms with Crippen LogP contribution < -0.4 is 24.3 Å². The summed E-state index contributed by atoms with van der Waals surface area (Å²) in [6.45, 7) is 5.05. The van der Waals surface area contributed by atoms with Gasteiger partial charge in [-0.15, -0.1) is 0 Å². The van der Waals surface area contributed by atoms with Gasteiger partial charge in [0.2, 0.25) is 6.79 Å². The van der Waals surface area contributed by atoms with Crippen LogP contribution in [0.4, 0.5) is 0 Å². The Balaban J connectivity index is 1.42. The number of hydrogen-bond acceptors (Lipinski definition) is 11. The van der Waals surface area contributed by atoms with Crippen LogP contribution >= 0.6 is 11.6 Å². The summed E-state index contributed by atoms with van der Waals surface area (Å²) in [7, 11) is 3.47. The highest BCUT2D eigenvalue weighted by Gasteiger charge is 2.56. The van der Waals surface area contributed by atoms with E-state index in [-0.39, 0.29) is 41.9 Å². The Hall–Kier alpha value is -4.10. The van der Waals surface area contributed by atoms with Crippen molar-refractivity contribution in [2.75, 3.05) is 27.5 Å². The van der Waals surface area contributed by atoms with Crippen LogP contribution in [0.3, 0.4) is 0 Å². The van der Waals surface area contributed by atoms with Gasteiger partial charge in [-0.05, 0) is 57.0 Å². The first-order valence-electron chi connectivity index (χ1n) is 15.1. The largest absolute Gasteiger partial charge is 0.504 e. The minimum atomic E-state index is -0.975. The predicted molar refractivity (Wildman–Crippen MR) is 166 cm³/mol. The number of amides is 1. The molecule has 46 heavy (non-hydrogen) atoms. The highest BCUT2D eigenvalue weighted by Crippen LogP contribution is 2.58. The zero-order chi connectivity index (χ0) is 32.6. The van der Waals surface area contributed by atoms with Crippen LogP contribution in [0.2, 0.25) is 5.15 Å². The van der Waals surface area contributed by atoms with Gasteiger partial charge in [0, 0.05) is 48.0 Å². The van der Waals surface area contributed by atoms with Crippen LogP contribution in [0.25, 0.3) is 0 Å². The summed E-state index contributed by atoms with van der Waals surface area (Å²) in [6, 6.07) is 3.43. The van der Waals surface area contributed by atoms with Crippen molar-refractivity contribution >= 4 is 23.5 Å². The van der Waals surface area contributed by atoms with E-state index in [1.807, 2.05) is 31.9 Å². The number of rotatable bonds is 5. The molecule has 2 bridgehead atoms. The SMILES string of the molecule is COc1c(C)cc2c(c1O)[C@@H]1C3Cc4c(OC(C)=O)c(C)c5c(c4[C@H](CNC(=O)c4cccnc4Cl)N3[C@@H](O)[C@@H](C2)N1C)OCO5. The molecule has 0 saturated carbocycles. The van der Waals surface area contributed by atoms with Crippen molar-refractivity contribution in [3.63, 3.8) is 0 Å². The number of piperazine rings is 1. The third-order valence-corrected chi connectivity index (χ3v) is 10.1. The van der Waals surface area contributed by atoms with Gasteiger partial charge in [0.05, 0.1) is 30.8 Å². The summed E-state index contributed by atoms with van der Waals surface area (Å²) in [5.74, 6) is 0.826. The van der Waals surface area contributed by atoms with E-state index in [0.717, 1.165) is 16.7 Å². The number of esters is 1. The maximum atomic E-state index is 13.4. The van der Waals surface area contributed by atoms with Gasteiger partial charge in [-0.3, -0.25) is 19.4 Å². The monoisotopic (exact) mass is 650 g/mol. The quantitative estimate of drug-likeness (QED) is 0.213. The molecule has 4 aliphatic rings. The molecule has 5 heterocycles. The highest BCUT2D eigenvalue weighted by molar-refractivity contribution is 6.32. The number of aryl methyl sites for hydroxylation is 1. The van der Waals surface area contributed by atoms with Gasteiger partial charge in [-0.25, -0.2) is 4.98 Å². The van der Waals surface area contributed by atoms with Crippen molar-refractivity contribution in [3.8, 4) is 28.7 Å². The van der Waals surface area contributed by atoms with E-state index in [1.165, 1.54) is 20.2 Å². The molecule has 4 aliphatic heterocycles. The van der Waals surface area contributed by atoms with E-state index in [0.29, 0.717) is 52.5 Å². The third-order valence-electron chi connectivity index (χ3n) is 9.80. The number of halogens is 1. The van der Waals surface area contributed by atoms with Crippen LogP contribution in [0.5, 0.6) is 28.7 Å². The van der Waals surface area contributed by atoms with Gasteiger partial charge in [0.1, 0.15) is 17.1 Å². The fourth-order valence-corrected chi connectivity index (χ4v) is 8.17. The molecule has 3 aromatic rings. The second-order valence-corrected chi connectivity index (χ2v) is 12.6. The summed E-state index contributed by atoms with van der Waals surface area (Å²) < 4.78 is 23.4. The summed E-state index contributed by atoms with van der Waals surface area (Å²) in [5, 5.41) is 26.9. The standard InChI is InChI=1S/C33H35ClN4O8/c1-14-9-17-10-21-33(42)38-20(25(37(21)4)23(17)26(40)27(14)43-5)11-19-24(22(38)12-36-32(41)18-7-6-8-35-31(18)34)30-29(44-13-45-30)15(2)28(19)46-16(3)39/h6-9,20-22,25,33,40,42H,10-13H2,1-5H3,(H,36,41)/t20?,21-,22+,25+,33+/m1/s1. The number of likely N-dealkylation sites (N-methyl/N-ethyl adjacent to an activating group) is 1. The number of carbonyl (C=O) groups excluding carboxylic acids is 2. The third kappa shape index (κ3) is 4.49. The number of aliphatic hydroxyl groups excluding tert-OH is 1. The van der Waals surface area contributed by atoms with E-state index in [1.54, 1.807) is 12.1 Å². The van der Waals surface area contributed by atoms with Gasteiger partial charge in [-0.1, -0.05) is 17.7 Å². The van der Waals surface area contributed by atoms with Gasteiger partial charge >= 0.3 is 5.97 Å². The lowest BCUT2D eigenvalue weighted by atomic mass is 9.73. The number of phenolic OH excluding ortho intramolecular Hbond substituents is 1. The number of benzene rings is 2. The molecule has 242 valence electrons. The lowest BCUT2D eigenvalue weighted by molar-refractivity contribution is -0.171. The number of aromatic nitrogens is 1.